The van der Waals surface area contributed by atoms with E-state index in [0.717, 1.165) is 17.7 Å². The van der Waals surface area contributed by atoms with Gasteiger partial charge >= 0.3 is 0 Å². The van der Waals surface area contributed by atoms with E-state index in [1.807, 2.05) is 18.2 Å². The molecule has 0 saturated carbocycles. The number of β-amino-alcohol motifs (C(OH)–C–C–N with tert-alkyl or cyclic N) is 1. The van der Waals surface area contributed by atoms with Crippen molar-refractivity contribution < 1.29 is 19.4 Å². The Kier molecular flexibility index (Phi) is 4.49. The molecule has 0 spiro atoms. The molecule has 2 amide bonds. The minimum Gasteiger partial charge on any atom is -0.497 e. The molecule has 0 radical (unpaired) electrons. The molecule has 1 N–H and O–H groups in total. The zero-order valence-corrected chi connectivity index (χ0v) is 14.2. The molecule has 0 aliphatic carbocycles. The molecule has 0 unspecified atom stereocenters. The van der Waals surface area contributed by atoms with E-state index in [2.05, 4.69) is 0 Å². The molecule has 1 atom stereocenters. The van der Waals surface area contributed by atoms with E-state index in [1.165, 1.54) is 12.5 Å². The molecule has 1 saturated heterocycles. The van der Waals surface area contributed by atoms with Crippen molar-refractivity contribution in [2.45, 2.75) is 38.3 Å². The van der Waals surface area contributed by atoms with Crippen LogP contribution in [-0.4, -0.2) is 59.1 Å². The second kappa shape index (κ2) is 6.43. The van der Waals surface area contributed by atoms with Crippen molar-refractivity contribution in [1.29, 1.82) is 0 Å². The van der Waals surface area contributed by atoms with E-state index < -0.39 is 5.60 Å². The largest absolute Gasteiger partial charge is 0.497 e. The van der Waals surface area contributed by atoms with Crippen LogP contribution < -0.4 is 4.74 Å². The highest BCUT2D eigenvalue weighted by Crippen LogP contribution is 2.28. The number of hydrogen-bond donors (Lipinski definition) is 1. The molecular weight excluding hydrogens is 308 g/mol. The number of carbonyl (C=O) groups excluding carboxylic acids is 2. The monoisotopic (exact) mass is 332 g/mol. The Labute approximate surface area is 142 Å². The number of ether oxygens (including phenoxy) is 1. The Hall–Kier alpha value is -2.08. The minimum absolute atomic E-state index is 0.0859. The first-order valence-corrected chi connectivity index (χ1v) is 8.36. The van der Waals surface area contributed by atoms with Gasteiger partial charge in [-0.3, -0.25) is 9.59 Å². The normalized spacial score (nSPS) is 23.6. The van der Waals surface area contributed by atoms with Gasteiger partial charge in [0.15, 0.2) is 5.60 Å². The van der Waals surface area contributed by atoms with Crippen LogP contribution in [0.4, 0.5) is 0 Å². The maximum Gasteiger partial charge on any atom is 0.256 e. The van der Waals surface area contributed by atoms with Crippen LogP contribution in [0.25, 0.3) is 0 Å². The Morgan fingerprint density at radius 2 is 2.00 bits per heavy atom. The lowest BCUT2D eigenvalue weighted by Crippen LogP contribution is -2.59. The standard InChI is InChI=1S/C18H24N2O4/c1-13(21)20-8-3-7-18(23,12-20)17(22)19-9-6-14-4-5-16(24-2)10-15(14)11-19/h4-5,10,23H,3,6-9,11-12H2,1-2H3/t18-/m0/s1. The summed E-state index contributed by atoms with van der Waals surface area (Å²) in [5.41, 5.74) is 0.790. The Balaban J connectivity index is 1.76. The SMILES string of the molecule is COc1ccc2c(c1)CN(C(=O)[C@]1(O)CCCN(C(C)=O)C1)CC2. The number of piperidine rings is 1. The Bertz CT molecular complexity index is 660. The molecule has 6 nitrogen and oxygen atoms in total. The summed E-state index contributed by atoms with van der Waals surface area (Å²) in [6.45, 7) is 3.21. The van der Waals surface area contributed by atoms with Gasteiger partial charge in [0.1, 0.15) is 5.75 Å². The zero-order valence-electron chi connectivity index (χ0n) is 14.2. The van der Waals surface area contributed by atoms with E-state index in [9.17, 15) is 14.7 Å². The summed E-state index contributed by atoms with van der Waals surface area (Å²) in [6.07, 6.45) is 1.80. The van der Waals surface area contributed by atoms with Crippen LogP contribution in [0.3, 0.4) is 0 Å². The van der Waals surface area contributed by atoms with Gasteiger partial charge < -0.3 is 19.6 Å². The lowest BCUT2D eigenvalue weighted by molar-refractivity contribution is -0.160. The maximum atomic E-state index is 12.9. The molecule has 2 aliphatic heterocycles. The smallest absolute Gasteiger partial charge is 0.256 e. The van der Waals surface area contributed by atoms with Gasteiger partial charge in [0, 0.05) is 26.6 Å². The van der Waals surface area contributed by atoms with Crippen molar-refractivity contribution in [3.63, 3.8) is 0 Å². The Morgan fingerprint density at radius 3 is 2.71 bits per heavy atom. The minimum atomic E-state index is -1.47. The van der Waals surface area contributed by atoms with Crippen molar-refractivity contribution in [2.24, 2.45) is 0 Å². The number of methoxy groups -OCH3 is 1. The van der Waals surface area contributed by atoms with E-state index in [4.69, 9.17) is 4.74 Å². The number of likely N-dealkylation sites (tertiary alicyclic amines) is 1. The lowest BCUT2D eigenvalue weighted by atomic mass is 9.89. The summed E-state index contributed by atoms with van der Waals surface area (Å²) >= 11 is 0. The van der Waals surface area contributed by atoms with Crippen LogP contribution >= 0.6 is 0 Å². The van der Waals surface area contributed by atoms with Gasteiger partial charge in [0.25, 0.3) is 5.91 Å². The lowest BCUT2D eigenvalue weighted by Gasteiger charge is -2.41. The number of hydrogen-bond acceptors (Lipinski definition) is 4. The Morgan fingerprint density at radius 1 is 1.21 bits per heavy atom. The molecule has 0 bridgehead atoms. The first-order chi connectivity index (χ1) is 11.4. The van der Waals surface area contributed by atoms with Crippen LogP contribution in [-0.2, 0) is 22.6 Å². The quantitative estimate of drug-likeness (QED) is 0.875. The van der Waals surface area contributed by atoms with E-state index >= 15 is 0 Å². The van der Waals surface area contributed by atoms with Crippen LogP contribution in [0.5, 0.6) is 5.75 Å². The van der Waals surface area contributed by atoms with Crippen molar-refractivity contribution in [2.75, 3.05) is 26.7 Å². The fourth-order valence-corrected chi connectivity index (χ4v) is 3.61. The predicted octanol–water partition coefficient (Wildman–Crippen LogP) is 0.953. The van der Waals surface area contributed by atoms with Crippen molar-refractivity contribution in [1.82, 2.24) is 9.80 Å². The number of fused-ring (bicyclic) bond motifs is 1. The van der Waals surface area contributed by atoms with Gasteiger partial charge in [-0.05, 0) is 42.5 Å². The summed E-state index contributed by atoms with van der Waals surface area (Å²) in [5, 5.41) is 10.9. The summed E-state index contributed by atoms with van der Waals surface area (Å²) in [5.74, 6) is 0.388. The molecular formula is C18H24N2O4. The molecule has 1 aromatic rings. The van der Waals surface area contributed by atoms with E-state index in [0.29, 0.717) is 32.5 Å². The number of amides is 2. The number of nitrogens with zero attached hydrogens (tertiary/aromatic N) is 2. The van der Waals surface area contributed by atoms with Crippen molar-refractivity contribution in [3.8, 4) is 5.75 Å². The molecule has 2 aliphatic rings. The number of aliphatic hydroxyl groups is 1. The average molecular weight is 332 g/mol. The number of benzene rings is 1. The highest BCUT2D eigenvalue weighted by Gasteiger charge is 2.43. The first-order valence-electron chi connectivity index (χ1n) is 8.36. The topological polar surface area (TPSA) is 70.1 Å². The zero-order chi connectivity index (χ0) is 17.3. The van der Waals surface area contributed by atoms with E-state index in [1.54, 1.807) is 16.9 Å². The predicted molar refractivity (Wildman–Crippen MR) is 88.6 cm³/mol. The van der Waals surface area contributed by atoms with Gasteiger partial charge in [-0.25, -0.2) is 0 Å². The van der Waals surface area contributed by atoms with Gasteiger partial charge in [-0.2, -0.15) is 0 Å². The maximum absolute atomic E-state index is 12.9. The molecule has 1 fully saturated rings. The molecule has 3 rings (SSSR count). The third kappa shape index (κ3) is 3.11. The van der Waals surface area contributed by atoms with Crippen LogP contribution in [0, 0.1) is 0 Å². The van der Waals surface area contributed by atoms with Gasteiger partial charge in [-0.15, -0.1) is 0 Å². The molecule has 24 heavy (non-hydrogen) atoms. The summed E-state index contributed by atoms with van der Waals surface area (Å²) in [4.78, 5) is 27.8. The third-order valence-electron chi connectivity index (χ3n) is 5.03. The van der Waals surface area contributed by atoms with E-state index in [-0.39, 0.29) is 18.4 Å². The fourth-order valence-electron chi connectivity index (χ4n) is 3.61. The van der Waals surface area contributed by atoms with Crippen LogP contribution in [0.2, 0.25) is 0 Å². The van der Waals surface area contributed by atoms with Crippen molar-refractivity contribution >= 4 is 11.8 Å². The second-order valence-electron chi connectivity index (χ2n) is 6.69. The summed E-state index contributed by atoms with van der Waals surface area (Å²) in [6, 6.07) is 5.90. The highest BCUT2D eigenvalue weighted by atomic mass is 16.5. The number of carbonyl (C=O) groups is 2. The fraction of sp³-hybridized carbons (Fsp3) is 0.556. The second-order valence-corrected chi connectivity index (χ2v) is 6.69. The van der Waals surface area contributed by atoms with Crippen molar-refractivity contribution in [3.05, 3.63) is 29.3 Å². The molecule has 0 aromatic heterocycles. The highest BCUT2D eigenvalue weighted by molar-refractivity contribution is 5.86. The third-order valence-corrected chi connectivity index (χ3v) is 5.03. The molecule has 6 heteroatoms. The molecule has 2 heterocycles. The van der Waals surface area contributed by atoms with Crippen LogP contribution in [0.1, 0.15) is 30.9 Å². The molecule has 1 aromatic carbocycles. The first kappa shape index (κ1) is 16.8. The van der Waals surface area contributed by atoms with Gasteiger partial charge in [0.05, 0.1) is 13.7 Å². The average Bonchev–Trinajstić information content (AvgIpc) is 2.60. The molecule has 130 valence electrons. The summed E-state index contributed by atoms with van der Waals surface area (Å²) < 4.78 is 5.26. The van der Waals surface area contributed by atoms with Gasteiger partial charge in [0.2, 0.25) is 5.91 Å². The number of rotatable bonds is 2. The van der Waals surface area contributed by atoms with Crippen LogP contribution in [0.15, 0.2) is 18.2 Å². The van der Waals surface area contributed by atoms with Gasteiger partial charge in [-0.1, -0.05) is 6.07 Å². The summed E-state index contributed by atoms with van der Waals surface area (Å²) in [7, 11) is 1.62.